The van der Waals surface area contributed by atoms with Crippen molar-refractivity contribution in [2.45, 2.75) is 50.9 Å². The molecule has 1 saturated carbocycles. The third-order valence-corrected chi connectivity index (χ3v) is 4.32. The lowest BCUT2D eigenvalue weighted by atomic mass is 9.82. The van der Waals surface area contributed by atoms with Crippen LogP contribution in [0.4, 0.5) is 13.2 Å². The summed E-state index contributed by atoms with van der Waals surface area (Å²) in [6.07, 6.45) is -0.718. The fourth-order valence-electron chi connectivity index (χ4n) is 3.01. The molecule has 1 aromatic carbocycles. The van der Waals surface area contributed by atoms with E-state index in [9.17, 15) is 13.2 Å². The number of benzene rings is 1. The maximum Gasteiger partial charge on any atom is 0.419 e. The van der Waals surface area contributed by atoms with E-state index < -0.39 is 11.7 Å². The van der Waals surface area contributed by atoms with Crippen LogP contribution in [0.25, 0.3) is 0 Å². The molecular formula is C16H22F3NO. The van der Waals surface area contributed by atoms with Gasteiger partial charge in [-0.15, -0.1) is 0 Å². The van der Waals surface area contributed by atoms with Crippen molar-refractivity contribution in [2.75, 3.05) is 7.05 Å². The molecule has 0 aromatic heterocycles. The number of alkyl halides is 3. The molecule has 5 heteroatoms. The van der Waals surface area contributed by atoms with E-state index in [0.29, 0.717) is 5.92 Å². The van der Waals surface area contributed by atoms with Crippen LogP contribution in [-0.2, 0) is 6.18 Å². The van der Waals surface area contributed by atoms with Crippen LogP contribution in [0.3, 0.4) is 0 Å². The van der Waals surface area contributed by atoms with Gasteiger partial charge in [0.25, 0.3) is 0 Å². The first kappa shape index (κ1) is 16.1. The molecule has 2 nitrogen and oxygen atoms in total. The Morgan fingerprint density at radius 3 is 2.57 bits per heavy atom. The average molecular weight is 301 g/mol. The molecule has 0 saturated heterocycles. The summed E-state index contributed by atoms with van der Waals surface area (Å²) < 4.78 is 44.9. The van der Waals surface area contributed by atoms with Gasteiger partial charge in [0.05, 0.1) is 5.56 Å². The van der Waals surface area contributed by atoms with Crippen molar-refractivity contribution in [3.05, 3.63) is 29.8 Å². The second-order valence-electron chi connectivity index (χ2n) is 5.63. The standard InChI is InChI=1S/C16H22F3NO/c1-3-11-8-9-13(20-2)15(10-11)21-14-7-5-4-6-12(14)16(17,18)19/h4-7,11,13,15,20H,3,8-10H2,1-2H3. The summed E-state index contributed by atoms with van der Waals surface area (Å²) in [4.78, 5) is 0. The zero-order valence-electron chi connectivity index (χ0n) is 12.4. The molecule has 3 atom stereocenters. The minimum Gasteiger partial charge on any atom is -0.488 e. The molecule has 0 spiro atoms. The maximum atomic E-state index is 13.0. The van der Waals surface area contributed by atoms with Crippen LogP contribution in [0.1, 0.15) is 38.2 Å². The van der Waals surface area contributed by atoms with E-state index in [1.807, 2.05) is 7.05 Å². The first-order valence-electron chi connectivity index (χ1n) is 7.45. The van der Waals surface area contributed by atoms with Gasteiger partial charge in [-0.25, -0.2) is 0 Å². The Kier molecular flexibility index (Phi) is 5.14. The molecule has 0 bridgehead atoms. The van der Waals surface area contributed by atoms with Crippen molar-refractivity contribution in [1.82, 2.24) is 5.32 Å². The molecule has 0 aliphatic heterocycles. The van der Waals surface area contributed by atoms with Gasteiger partial charge in [0.15, 0.2) is 0 Å². The number of halogens is 3. The van der Waals surface area contributed by atoms with Gasteiger partial charge in [-0.3, -0.25) is 0 Å². The number of likely N-dealkylation sites (N-methyl/N-ethyl adjacent to an activating group) is 1. The maximum absolute atomic E-state index is 13.0. The SMILES string of the molecule is CCC1CCC(NC)C(Oc2ccccc2C(F)(F)F)C1. The first-order valence-corrected chi connectivity index (χ1v) is 7.45. The van der Waals surface area contributed by atoms with E-state index in [-0.39, 0.29) is 17.9 Å². The highest BCUT2D eigenvalue weighted by Crippen LogP contribution is 2.38. The summed E-state index contributed by atoms with van der Waals surface area (Å²) in [6.45, 7) is 2.12. The second-order valence-corrected chi connectivity index (χ2v) is 5.63. The van der Waals surface area contributed by atoms with Gasteiger partial charge in [-0.2, -0.15) is 13.2 Å². The normalized spacial score (nSPS) is 26.6. The summed E-state index contributed by atoms with van der Waals surface area (Å²) in [7, 11) is 1.84. The molecule has 21 heavy (non-hydrogen) atoms. The highest BCUT2D eigenvalue weighted by Gasteiger charge is 2.36. The number of para-hydroxylation sites is 1. The van der Waals surface area contributed by atoms with Crippen LogP contribution in [0.5, 0.6) is 5.75 Å². The minimum atomic E-state index is -4.38. The Morgan fingerprint density at radius 2 is 1.95 bits per heavy atom. The molecule has 118 valence electrons. The van der Waals surface area contributed by atoms with E-state index in [1.54, 1.807) is 6.07 Å². The van der Waals surface area contributed by atoms with E-state index >= 15 is 0 Å². The molecule has 1 fully saturated rings. The summed E-state index contributed by atoms with van der Waals surface area (Å²) in [5, 5.41) is 3.17. The van der Waals surface area contributed by atoms with Crippen LogP contribution in [0, 0.1) is 5.92 Å². The molecule has 0 heterocycles. The topological polar surface area (TPSA) is 21.3 Å². The van der Waals surface area contributed by atoms with Crippen molar-refractivity contribution >= 4 is 0 Å². The predicted octanol–water partition coefficient (Wildman–Crippen LogP) is 4.25. The summed E-state index contributed by atoms with van der Waals surface area (Å²) in [5.74, 6) is 0.463. The molecule has 1 aliphatic carbocycles. The second kappa shape index (κ2) is 6.69. The lowest BCUT2D eigenvalue weighted by Crippen LogP contribution is -2.45. The quantitative estimate of drug-likeness (QED) is 0.897. The molecule has 1 aromatic rings. The van der Waals surface area contributed by atoms with Crippen LogP contribution in [0.2, 0.25) is 0 Å². The summed E-state index contributed by atoms with van der Waals surface area (Å²) in [6, 6.07) is 5.56. The van der Waals surface area contributed by atoms with E-state index in [2.05, 4.69) is 12.2 Å². The largest absolute Gasteiger partial charge is 0.488 e. The van der Waals surface area contributed by atoms with Crippen molar-refractivity contribution in [2.24, 2.45) is 5.92 Å². The zero-order chi connectivity index (χ0) is 15.5. The van der Waals surface area contributed by atoms with Crippen LogP contribution < -0.4 is 10.1 Å². The van der Waals surface area contributed by atoms with Gasteiger partial charge in [0, 0.05) is 6.04 Å². The number of rotatable bonds is 4. The van der Waals surface area contributed by atoms with Gasteiger partial charge >= 0.3 is 6.18 Å². The average Bonchev–Trinajstić information content (AvgIpc) is 2.46. The molecule has 1 aliphatic rings. The molecule has 1 N–H and O–H groups in total. The third-order valence-electron chi connectivity index (χ3n) is 4.32. The lowest BCUT2D eigenvalue weighted by Gasteiger charge is -2.36. The highest BCUT2D eigenvalue weighted by atomic mass is 19.4. The molecular weight excluding hydrogens is 279 g/mol. The molecule has 0 amide bonds. The van der Waals surface area contributed by atoms with Crippen LogP contribution >= 0.6 is 0 Å². The molecule has 3 unspecified atom stereocenters. The predicted molar refractivity (Wildman–Crippen MR) is 76.3 cm³/mol. The fourth-order valence-corrected chi connectivity index (χ4v) is 3.01. The Bertz CT molecular complexity index is 461. The highest BCUT2D eigenvalue weighted by molar-refractivity contribution is 5.35. The number of hydrogen-bond acceptors (Lipinski definition) is 2. The van der Waals surface area contributed by atoms with E-state index in [1.165, 1.54) is 12.1 Å². The minimum absolute atomic E-state index is 0.0630. The Hall–Kier alpha value is -1.23. The fraction of sp³-hybridized carbons (Fsp3) is 0.625. The van der Waals surface area contributed by atoms with Crippen molar-refractivity contribution in [3.8, 4) is 5.75 Å². The van der Waals surface area contributed by atoms with Crippen molar-refractivity contribution in [1.29, 1.82) is 0 Å². The summed E-state index contributed by atoms with van der Waals surface area (Å²) in [5.41, 5.74) is -0.696. The van der Waals surface area contributed by atoms with Crippen LogP contribution in [0.15, 0.2) is 24.3 Å². The van der Waals surface area contributed by atoms with Crippen LogP contribution in [-0.4, -0.2) is 19.2 Å². The smallest absolute Gasteiger partial charge is 0.419 e. The van der Waals surface area contributed by atoms with Gasteiger partial charge in [0.2, 0.25) is 0 Å². The van der Waals surface area contributed by atoms with Gasteiger partial charge in [-0.05, 0) is 44.4 Å². The first-order chi connectivity index (χ1) is 9.95. The number of ether oxygens (including phenoxy) is 1. The van der Waals surface area contributed by atoms with Gasteiger partial charge in [-0.1, -0.05) is 25.5 Å². The Morgan fingerprint density at radius 1 is 1.24 bits per heavy atom. The van der Waals surface area contributed by atoms with Crippen molar-refractivity contribution < 1.29 is 17.9 Å². The zero-order valence-corrected chi connectivity index (χ0v) is 12.4. The van der Waals surface area contributed by atoms with E-state index in [4.69, 9.17) is 4.74 Å². The van der Waals surface area contributed by atoms with Gasteiger partial charge < -0.3 is 10.1 Å². The summed E-state index contributed by atoms with van der Waals surface area (Å²) >= 11 is 0. The third kappa shape index (κ3) is 3.90. The Balaban J connectivity index is 2.19. The van der Waals surface area contributed by atoms with Gasteiger partial charge in [0.1, 0.15) is 11.9 Å². The van der Waals surface area contributed by atoms with E-state index in [0.717, 1.165) is 31.7 Å². The van der Waals surface area contributed by atoms with Crippen molar-refractivity contribution in [3.63, 3.8) is 0 Å². The monoisotopic (exact) mass is 301 g/mol. The molecule has 2 rings (SSSR count). The lowest BCUT2D eigenvalue weighted by molar-refractivity contribution is -0.139. The molecule has 0 radical (unpaired) electrons. The number of nitrogens with one attached hydrogen (secondary N) is 1. The number of hydrogen-bond donors (Lipinski definition) is 1. The Labute approximate surface area is 123 Å².